The molecule has 0 aromatic carbocycles. The minimum absolute atomic E-state index is 0.447. The van der Waals surface area contributed by atoms with E-state index in [0.29, 0.717) is 16.6 Å². The lowest BCUT2D eigenvalue weighted by Gasteiger charge is -2.18. The lowest BCUT2D eigenvalue weighted by atomic mass is 9.92. The summed E-state index contributed by atoms with van der Waals surface area (Å²) in [5.74, 6) is 1.67. The number of nitrogens with zero attached hydrogens (tertiary/aromatic N) is 2. The summed E-state index contributed by atoms with van der Waals surface area (Å²) in [6.45, 7) is 6.67. The monoisotopic (exact) mass is 253 g/mol. The zero-order valence-electron chi connectivity index (χ0n) is 10.8. The van der Waals surface area contributed by atoms with Gasteiger partial charge in [-0.1, -0.05) is 32.4 Å². The van der Waals surface area contributed by atoms with Gasteiger partial charge >= 0.3 is 0 Å². The molecule has 1 unspecified atom stereocenters. The first-order chi connectivity index (χ1) is 7.98. The lowest BCUT2D eigenvalue weighted by Crippen LogP contribution is -2.18. The van der Waals surface area contributed by atoms with E-state index in [1.807, 2.05) is 13.0 Å². The topological polar surface area (TPSA) is 37.8 Å². The number of aromatic nitrogens is 2. The van der Waals surface area contributed by atoms with Gasteiger partial charge in [-0.3, -0.25) is 0 Å². The molecule has 0 saturated heterocycles. The molecular weight excluding hydrogens is 234 g/mol. The van der Waals surface area contributed by atoms with Crippen LogP contribution in [0.2, 0.25) is 5.15 Å². The first kappa shape index (κ1) is 12.6. The number of nitrogens with one attached hydrogen (secondary N) is 1. The molecular formula is C13H20ClN3. The smallest absolute Gasteiger partial charge is 0.134 e. The summed E-state index contributed by atoms with van der Waals surface area (Å²) in [5.41, 5.74) is 0.447. The summed E-state index contributed by atoms with van der Waals surface area (Å²) in [6, 6.07) is 2.33. The molecule has 3 nitrogen and oxygen atoms in total. The van der Waals surface area contributed by atoms with Crippen LogP contribution in [0.3, 0.4) is 0 Å². The van der Waals surface area contributed by atoms with Crippen molar-refractivity contribution in [3.63, 3.8) is 0 Å². The van der Waals surface area contributed by atoms with Crippen LogP contribution in [-0.2, 0) is 6.42 Å². The predicted octanol–water partition coefficient (Wildman–Crippen LogP) is 3.68. The Labute approximate surface area is 108 Å². The van der Waals surface area contributed by atoms with E-state index in [-0.39, 0.29) is 0 Å². The van der Waals surface area contributed by atoms with E-state index >= 15 is 0 Å². The second kappa shape index (κ2) is 4.81. The van der Waals surface area contributed by atoms with E-state index < -0.39 is 0 Å². The van der Waals surface area contributed by atoms with Crippen LogP contribution in [0.4, 0.5) is 5.82 Å². The molecule has 17 heavy (non-hydrogen) atoms. The van der Waals surface area contributed by atoms with Gasteiger partial charge in [0, 0.05) is 18.5 Å². The van der Waals surface area contributed by atoms with Crippen molar-refractivity contribution in [3.05, 3.63) is 17.0 Å². The fourth-order valence-electron chi connectivity index (χ4n) is 2.47. The standard InChI is InChI=1S/C13H20ClN3/c1-4-11-16-10(14)7-12(17-11)15-9-5-6-13(2,3)8-9/h7,9H,4-6,8H2,1-3H3,(H,15,16,17). The summed E-state index contributed by atoms with van der Waals surface area (Å²) in [7, 11) is 0. The molecule has 0 spiro atoms. The van der Waals surface area contributed by atoms with Crippen molar-refractivity contribution in [1.82, 2.24) is 9.97 Å². The van der Waals surface area contributed by atoms with E-state index in [1.165, 1.54) is 19.3 Å². The van der Waals surface area contributed by atoms with Crippen LogP contribution >= 0.6 is 11.6 Å². The van der Waals surface area contributed by atoms with E-state index in [1.54, 1.807) is 0 Å². The second-order valence-corrected chi connectivity index (χ2v) is 5.98. The maximum atomic E-state index is 5.98. The normalized spacial score (nSPS) is 22.7. The van der Waals surface area contributed by atoms with Gasteiger partial charge in [-0.2, -0.15) is 0 Å². The molecule has 1 saturated carbocycles. The predicted molar refractivity (Wildman–Crippen MR) is 71.5 cm³/mol. The van der Waals surface area contributed by atoms with Gasteiger partial charge in [-0.15, -0.1) is 0 Å². The highest BCUT2D eigenvalue weighted by molar-refractivity contribution is 6.29. The zero-order valence-corrected chi connectivity index (χ0v) is 11.5. The van der Waals surface area contributed by atoms with Crippen LogP contribution in [0.5, 0.6) is 0 Å². The molecule has 1 aliphatic carbocycles. The number of hydrogen-bond donors (Lipinski definition) is 1. The molecule has 1 aliphatic rings. The molecule has 0 radical (unpaired) electrons. The van der Waals surface area contributed by atoms with Gasteiger partial charge in [0.25, 0.3) is 0 Å². The van der Waals surface area contributed by atoms with Gasteiger partial charge in [0.1, 0.15) is 16.8 Å². The first-order valence-electron chi connectivity index (χ1n) is 6.28. The Hall–Kier alpha value is -0.830. The lowest BCUT2D eigenvalue weighted by molar-refractivity contribution is 0.378. The molecule has 1 aromatic rings. The van der Waals surface area contributed by atoms with Crippen LogP contribution in [-0.4, -0.2) is 16.0 Å². The summed E-state index contributed by atoms with van der Waals surface area (Å²) >= 11 is 5.98. The molecule has 0 bridgehead atoms. The average Bonchev–Trinajstić information content (AvgIpc) is 2.57. The quantitative estimate of drug-likeness (QED) is 0.835. The molecule has 1 fully saturated rings. The zero-order chi connectivity index (χ0) is 12.5. The molecule has 1 heterocycles. The number of anilines is 1. The minimum Gasteiger partial charge on any atom is -0.367 e. The Morgan fingerprint density at radius 2 is 2.24 bits per heavy atom. The Morgan fingerprint density at radius 3 is 2.82 bits per heavy atom. The molecule has 0 aliphatic heterocycles. The molecule has 1 N–H and O–H groups in total. The number of aryl methyl sites for hydroxylation is 1. The van der Waals surface area contributed by atoms with Gasteiger partial charge in [0.2, 0.25) is 0 Å². The van der Waals surface area contributed by atoms with Gasteiger partial charge in [-0.25, -0.2) is 9.97 Å². The highest BCUT2D eigenvalue weighted by Crippen LogP contribution is 2.38. The maximum Gasteiger partial charge on any atom is 0.134 e. The van der Waals surface area contributed by atoms with Crippen LogP contribution in [0.15, 0.2) is 6.07 Å². The summed E-state index contributed by atoms with van der Waals surface area (Å²) in [4.78, 5) is 8.63. The van der Waals surface area contributed by atoms with Crippen molar-refractivity contribution in [3.8, 4) is 0 Å². The molecule has 2 rings (SSSR count). The van der Waals surface area contributed by atoms with Crippen LogP contribution in [0.25, 0.3) is 0 Å². The molecule has 94 valence electrons. The third-order valence-corrected chi connectivity index (χ3v) is 3.57. The maximum absolute atomic E-state index is 5.98. The third-order valence-electron chi connectivity index (χ3n) is 3.38. The Balaban J connectivity index is 2.06. The van der Waals surface area contributed by atoms with Gasteiger partial charge in [-0.05, 0) is 24.7 Å². The highest BCUT2D eigenvalue weighted by atomic mass is 35.5. The van der Waals surface area contributed by atoms with Crippen molar-refractivity contribution in [2.75, 3.05) is 5.32 Å². The highest BCUT2D eigenvalue weighted by Gasteiger charge is 2.30. The molecule has 1 aromatic heterocycles. The fraction of sp³-hybridized carbons (Fsp3) is 0.692. The second-order valence-electron chi connectivity index (χ2n) is 5.59. The Bertz CT molecular complexity index is 404. The first-order valence-corrected chi connectivity index (χ1v) is 6.66. The minimum atomic E-state index is 0.447. The fourth-order valence-corrected chi connectivity index (χ4v) is 2.67. The van der Waals surface area contributed by atoms with Crippen molar-refractivity contribution in [2.45, 2.75) is 52.5 Å². The number of hydrogen-bond acceptors (Lipinski definition) is 3. The molecule has 4 heteroatoms. The number of halogens is 1. The Kier molecular flexibility index (Phi) is 3.57. The van der Waals surface area contributed by atoms with Gasteiger partial charge in [0.15, 0.2) is 0 Å². The van der Waals surface area contributed by atoms with Crippen molar-refractivity contribution < 1.29 is 0 Å². The van der Waals surface area contributed by atoms with Crippen LogP contribution < -0.4 is 5.32 Å². The average molecular weight is 254 g/mol. The van der Waals surface area contributed by atoms with Crippen molar-refractivity contribution in [2.24, 2.45) is 5.41 Å². The summed E-state index contributed by atoms with van der Waals surface area (Å²) in [6.07, 6.45) is 4.47. The Morgan fingerprint density at radius 1 is 1.47 bits per heavy atom. The SMILES string of the molecule is CCc1nc(Cl)cc(NC2CCC(C)(C)C2)n1. The van der Waals surface area contributed by atoms with E-state index in [9.17, 15) is 0 Å². The molecule has 1 atom stereocenters. The van der Waals surface area contributed by atoms with Crippen LogP contribution in [0.1, 0.15) is 45.9 Å². The summed E-state index contributed by atoms with van der Waals surface area (Å²) < 4.78 is 0. The largest absolute Gasteiger partial charge is 0.367 e. The van der Waals surface area contributed by atoms with Gasteiger partial charge < -0.3 is 5.32 Å². The van der Waals surface area contributed by atoms with Crippen molar-refractivity contribution in [1.29, 1.82) is 0 Å². The van der Waals surface area contributed by atoms with Crippen molar-refractivity contribution >= 4 is 17.4 Å². The number of rotatable bonds is 3. The molecule has 0 amide bonds. The third kappa shape index (κ3) is 3.32. The van der Waals surface area contributed by atoms with Crippen LogP contribution in [0, 0.1) is 5.41 Å². The van der Waals surface area contributed by atoms with E-state index in [2.05, 4.69) is 29.1 Å². The van der Waals surface area contributed by atoms with E-state index in [0.717, 1.165) is 18.1 Å². The summed E-state index contributed by atoms with van der Waals surface area (Å²) in [5, 5.41) is 4.00. The van der Waals surface area contributed by atoms with E-state index in [4.69, 9.17) is 11.6 Å². The van der Waals surface area contributed by atoms with Gasteiger partial charge in [0.05, 0.1) is 0 Å².